The maximum atomic E-state index is 12.5. The molecule has 4 amide bonds. The van der Waals surface area contributed by atoms with Gasteiger partial charge in [0.25, 0.3) is 5.91 Å². The van der Waals surface area contributed by atoms with Gasteiger partial charge in [-0.15, -0.1) is 0 Å². The molecule has 140 valence electrons. The van der Waals surface area contributed by atoms with Crippen LogP contribution < -0.4 is 0 Å². The van der Waals surface area contributed by atoms with E-state index in [0.29, 0.717) is 13.1 Å². The average Bonchev–Trinajstić information content (AvgIpc) is 2.85. The first-order chi connectivity index (χ1) is 12.5. The number of urea groups is 1. The first-order valence-corrected chi connectivity index (χ1v) is 9.06. The van der Waals surface area contributed by atoms with Crippen molar-refractivity contribution in [2.45, 2.75) is 18.9 Å². The van der Waals surface area contributed by atoms with E-state index in [1.165, 1.54) is 17.5 Å². The van der Waals surface area contributed by atoms with Gasteiger partial charge in [0.1, 0.15) is 6.04 Å². The molecule has 2 fully saturated rings. The van der Waals surface area contributed by atoms with E-state index in [1.54, 1.807) is 7.05 Å². The Morgan fingerprint density at radius 2 is 1.69 bits per heavy atom. The number of carbonyl (C=O) groups excluding carboxylic acids is 3. The van der Waals surface area contributed by atoms with E-state index >= 15 is 0 Å². The number of hydrogen-bond donors (Lipinski definition) is 0. The molecule has 2 aliphatic heterocycles. The monoisotopic (exact) mass is 358 g/mol. The molecule has 2 saturated heterocycles. The fourth-order valence-corrected chi connectivity index (χ4v) is 3.52. The van der Waals surface area contributed by atoms with Gasteiger partial charge in [-0.1, -0.05) is 30.3 Å². The van der Waals surface area contributed by atoms with Gasteiger partial charge >= 0.3 is 6.03 Å². The van der Waals surface area contributed by atoms with Crippen LogP contribution in [0.4, 0.5) is 4.79 Å². The van der Waals surface area contributed by atoms with Crippen LogP contribution in [0.25, 0.3) is 0 Å². The molecule has 1 aromatic carbocycles. The molecule has 3 rings (SSSR count). The predicted octanol–water partition coefficient (Wildman–Crippen LogP) is 0.656. The molecule has 0 radical (unpaired) electrons. The zero-order valence-corrected chi connectivity index (χ0v) is 15.4. The molecule has 0 aromatic heterocycles. The zero-order valence-electron chi connectivity index (χ0n) is 15.4. The van der Waals surface area contributed by atoms with Crippen molar-refractivity contribution in [3.8, 4) is 0 Å². The molecule has 1 aromatic rings. The van der Waals surface area contributed by atoms with E-state index in [-0.39, 0.29) is 24.3 Å². The summed E-state index contributed by atoms with van der Waals surface area (Å²) in [5.41, 5.74) is 1.32. The number of carbonyl (C=O) groups is 3. The molecule has 0 aliphatic carbocycles. The van der Waals surface area contributed by atoms with Gasteiger partial charge < -0.3 is 9.80 Å². The quantitative estimate of drug-likeness (QED) is 0.726. The van der Waals surface area contributed by atoms with Crippen LogP contribution in [0.5, 0.6) is 0 Å². The van der Waals surface area contributed by atoms with E-state index in [9.17, 15) is 14.4 Å². The number of benzene rings is 1. The lowest BCUT2D eigenvalue weighted by atomic mass is 10.1. The summed E-state index contributed by atoms with van der Waals surface area (Å²) in [5, 5.41) is 0. The first kappa shape index (κ1) is 18.4. The SMILES string of the molecule is CN1C(=O)[C@@H](CC(=O)N2CCN(CCc3ccccc3)CC2)N(C)C1=O. The molecule has 2 aliphatic rings. The van der Waals surface area contributed by atoms with Crippen LogP contribution in [0.3, 0.4) is 0 Å². The molecule has 7 nitrogen and oxygen atoms in total. The summed E-state index contributed by atoms with van der Waals surface area (Å²) in [6.45, 7) is 4.00. The number of rotatable bonds is 5. The molecule has 26 heavy (non-hydrogen) atoms. The van der Waals surface area contributed by atoms with Crippen LogP contribution in [0.2, 0.25) is 0 Å². The number of amides is 4. The summed E-state index contributed by atoms with van der Waals surface area (Å²) >= 11 is 0. The Kier molecular flexibility index (Phi) is 5.56. The summed E-state index contributed by atoms with van der Waals surface area (Å²) in [6.07, 6.45) is 1.07. The van der Waals surface area contributed by atoms with Crippen LogP contribution in [0, 0.1) is 0 Å². The van der Waals surface area contributed by atoms with Gasteiger partial charge in [0.05, 0.1) is 6.42 Å². The van der Waals surface area contributed by atoms with Crippen molar-refractivity contribution in [3.63, 3.8) is 0 Å². The van der Waals surface area contributed by atoms with Gasteiger partial charge in [-0.05, 0) is 12.0 Å². The lowest BCUT2D eigenvalue weighted by Gasteiger charge is -2.35. The third kappa shape index (κ3) is 3.88. The molecule has 0 N–H and O–H groups in total. The van der Waals surface area contributed by atoms with Gasteiger partial charge in [-0.3, -0.25) is 19.4 Å². The van der Waals surface area contributed by atoms with Crippen molar-refractivity contribution in [2.75, 3.05) is 46.8 Å². The highest BCUT2D eigenvalue weighted by atomic mass is 16.2. The first-order valence-electron chi connectivity index (χ1n) is 9.06. The van der Waals surface area contributed by atoms with E-state index in [4.69, 9.17) is 0 Å². The van der Waals surface area contributed by atoms with Gasteiger partial charge in [0.15, 0.2) is 0 Å². The lowest BCUT2D eigenvalue weighted by molar-refractivity contribution is -0.137. The second-order valence-corrected chi connectivity index (χ2v) is 6.97. The van der Waals surface area contributed by atoms with Crippen molar-refractivity contribution >= 4 is 17.8 Å². The maximum Gasteiger partial charge on any atom is 0.326 e. The molecular weight excluding hydrogens is 332 g/mol. The Labute approximate surface area is 154 Å². The van der Waals surface area contributed by atoms with E-state index in [0.717, 1.165) is 31.0 Å². The highest BCUT2D eigenvalue weighted by molar-refractivity contribution is 6.05. The van der Waals surface area contributed by atoms with Crippen LogP contribution in [0.15, 0.2) is 30.3 Å². The fraction of sp³-hybridized carbons (Fsp3) is 0.526. The summed E-state index contributed by atoms with van der Waals surface area (Å²) in [7, 11) is 3.03. The van der Waals surface area contributed by atoms with Crippen molar-refractivity contribution in [1.29, 1.82) is 0 Å². The van der Waals surface area contributed by atoms with E-state index in [2.05, 4.69) is 29.2 Å². The van der Waals surface area contributed by atoms with Gasteiger partial charge in [0.2, 0.25) is 5.91 Å². The Bertz CT molecular complexity index is 671. The number of nitrogens with zero attached hydrogens (tertiary/aromatic N) is 4. The van der Waals surface area contributed by atoms with E-state index in [1.807, 2.05) is 11.0 Å². The number of piperazine rings is 1. The highest BCUT2D eigenvalue weighted by Crippen LogP contribution is 2.18. The molecule has 0 spiro atoms. The van der Waals surface area contributed by atoms with Gasteiger partial charge in [-0.25, -0.2) is 4.79 Å². The van der Waals surface area contributed by atoms with Crippen molar-refractivity contribution in [3.05, 3.63) is 35.9 Å². The third-order valence-corrected chi connectivity index (χ3v) is 5.32. The van der Waals surface area contributed by atoms with Crippen molar-refractivity contribution in [2.24, 2.45) is 0 Å². The van der Waals surface area contributed by atoms with Crippen molar-refractivity contribution in [1.82, 2.24) is 19.6 Å². The normalized spacial score (nSPS) is 21.6. The average molecular weight is 358 g/mol. The molecular formula is C19H26N4O3. The highest BCUT2D eigenvalue weighted by Gasteiger charge is 2.42. The van der Waals surface area contributed by atoms with Crippen LogP contribution >= 0.6 is 0 Å². The number of hydrogen-bond acceptors (Lipinski definition) is 4. The summed E-state index contributed by atoms with van der Waals surface area (Å²) in [5.74, 6) is -0.353. The standard InChI is InChI=1S/C19H26N4O3/c1-20-16(18(25)21(2)19(20)26)14-17(24)23-12-10-22(11-13-23)9-8-15-6-4-3-5-7-15/h3-7,16H,8-14H2,1-2H3/t16-/m1/s1. The molecule has 0 unspecified atom stereocenters. The van der Waals surface area contributed by atoms with Crippen LogP contribution in [-0.4, -0.2) is 90.3 Å². The van der Waals surface area contributed by atoms with Gasteiger partial charge in [0, 0.05) is 46.8 Å². The number of imide groups is 1. The maximum absolute atomic E-state index is 12.5. The summed E-state index contributed by atoms with van der Waals surface area (Å²) in [6, 6.07) is 9.37. The molecule has 1 atom stereocenters. The largest absolute Gasteiger partial charge is 0.340 e. The van der Waals surface area contributed by atoms with Gasteiger partial charge in [-0.2, -0.15) is 0 Å². The minimum Gasteiger partial charge on any atom is -0.340 e. The molecule has 0 bridgehead atoms. The zero-order chi connectivity index (χ0) is 18.7. The Morgan fingerprint density at radius 3 is 2.27 bits per heavy atom. The minimum atomic E-state index is -0.670. The lowest BCUT2D eigenvalue weighted by Crippen LogP contribution is -2.50. The fourth-order valence-electron chi connectivity index (χ4n) is 3.52. The smallest absolute Gasteiger partial charge is 0.326 e. The van der Waals surface area contributed by atoms with E-state index < -0.39 is 6.04 Å². The topological polar surface area (TPSA) is 64.2 Å². The number of likely N-dealkylation sites (N-methyl/N-ethyl adjacent to an activating group) is 2. The second kappa shape index (κ2) is 7.86. The Balaban J connectivity index is 1.45. The van der Waals surface area contributed by atoms with Crippen molar-refractivity contribution < 1.29 is 14.4 Å². The molecule has 2 heterocycles. The predicted molar refractivity (Wildman–Crippen MR) is 97.5 cm³/mol. The third-order valence-electron chi connectivity index (χ3n) is 5.32. The Hall–Kier alpha value is -2.41. The molecule has 0 saturated carbocycles. The summed E-state index contributed by atoms with van der Waals surface area (Å²) < 4.78 is 0. The minimum absolute atomic E-state index is 0.0546. The second-order valence-electron chi connectivity index (χ2n) is 6.97. The Morgan fingerprint density at radius 1 is 1.04 bits per heavy atom. The summed E-state index contributed by atoms with van der Waals surface area (Å²) in [4.78, 5) is 43.1. The molecule has 7 heteroatoms. The van der Waals surface area contributed by atoms with Crippen LogP contribution in [-0.2, 0) is 16.0 Å². The van der Waals surface area contributed by atoms with Crippen LogP contribution in [0.1, 0.15) is 12.0 Å².